The number of thiazole rings is 1. The number of ether oxygens (including phenoxy) is 1. The molecule has 8 heteroatoms. The number of carbonyl (C=O) groups excluding carboxylic acids is 1. The highest BCUT2D eigenvalue weighted by atomic mass is 32.1. The lowest BCUT2D eigenvalue weighted by atomic mass is 10.1. The molecule has 146 valence electrons. The molecule has 3 rings (SSSR count). The Hall–Kier alpha value is -2.87. The van der Waals surface area contributed by atoms with Crippen LogP contribution < -0.4 is 10.1 Å². The smallest absolute Gasteiger partial charge is 0.416 e. The third kappa shape index (κ3) is 4.89. The number of rotatable bonds is 6. The summed E-state index contributed by atoms with van der Waals surface area (Å²) >= 11 is 1.49. The molecule has 3 aromatic rings. The fourth-order valence-electron chi connectivity index (χ4n) is 2.52. The van der Waals surface area contributed by atoms with Crippen molar-refractivity contribution < 1.29 is 22.7 Å². The number of alkyl halides is 3. The van der Waals surface area contributed by atoms with Crippen molar-refractivity contribution in [3.05, 3.63) is 70.0 Å². The van der Waals surface area contributed by atoms with Gasteiger partial charge in [0.2, 0.25) is 0 Å². The van der Waals surface area contributed by atoms with Crippen molar-refractivity contribution in [1.29, 1.82) is 0 Å². The molecule has 0 radical (unpaired) electrons. The second-order valence-electron chi connectivity index (χ2n) is 5.94. The lowest BCUT2D eigenvalue weighted by Gasteiger charge is -2.08. The normalized spacial score (nSPS) is 11.3. The van der Waals surface area contributed by atoms with Crippen LogP contribution >= 0.6 is 11.3 Å². The van der Waals surface area contributed by atoms with E-state index in [9.17, 15) is 18.0 Å². The van der Waals surface area contributed by atoms with Crippen LogP contribution in [-0.4, -0.2) is 24.5 Å². The van der Waals surface area contributed by atoms with Gasteiger partial charge in [-0.05, 0) is 48.5 Å². The van der Waals surface area contributed by atoms with E-state index in [1.807, 2.05) is 29.6 Å². The zero-order chi connectivity index (χ0) is 20.1. The Kier molecular flexibility index (Phi) is 5.99. The van der Waals surface area contributed by atoms with Gasteiger partial charge in [-0.2, -0.15) is 13.2 Å². The van der Waals surface area contributed by atoms with Crippen LogP contribution in [0.4, 0.5) is 13.2 Å². The van der Waals surface area contributed by atoms with Gasteiger partial charge in [-0.15, -0.1) is 11.3 Å². The minimum atomic E-state index is -4.42. The van der Waals surface area contributed by atoms with E-state index >= 15 is 0 Å². The quantitative estimate of drug-likeness (QED) is 0.639. The van der Waals surface area contributed by atoms with Gasteiger partial charge in [-0.3, -0.25) is 4.79 Å². The van der Waals surface area contributed by atoms with Crippen molar-refractivity contribution in [2.75, 3.05) is 13.7 Å². The molecular weight excluding hydrogens is 389 g/mol. The Morgan fingerprint density at radius 3 is 2.39 bits per heavy atom. The highest BCUT2D eigenvalue weighted by Gasteiger charge is 2.30. The topological polar surface area (TPSA) is 51.2 Å². The first-order valence-electron chi connectivity index (χ1n) is 8.41. The predicted molar refractivity (Wildman–Crippen MR) is 102 cm³/mol. The summed E-state index contributed by atoms with van der Waals surface area (Å²) in [6.45, 7) is 0.343. The molecule has 1 N–H and O–H groups in total. The average molecular weight is 406 g/mol. The Balaban J connectivity index is 1.53. The van der Waals surface area contributed by atoms with E-state index in [1.165, 1.54) is 23.5 Å². The van der Waals surface area contributed by atoms with Crippen molar-refractivity contribution >= 4 is 17.2 Å². The van der Waals surface area contributed by atoms with E-state index in [4.69, 9.17) is 4.74 Å². The zero-order valence-electron chi connectivity index (χ0n) is 14.9. The maximum atomic E-state index is 12.6. The number of amides is 1. The van der Waals surface area contributed by atoms with Gasteiger partial charge in [0, 0.05) is 29.5 Å². The summed E-state index contributed by atoms with van der Waals surface area (Å²) in [6, 6.07) is 11.7. The van der Waals surface area contributed by atoms with Crippen molar-refractivity contribution in [3.63, 3.8) is 0 Å². The number of methoxy groups -OCH3 is 1. The van der Waals surface area contributed by atoms with Gasteiger partial charge >= 0.3 is 6.18 Å². The number of carbonyl (C=O) groups is 1. The third-order valence-electron chi connectivity index (χ3n) is 4.04. The second-order valence-corrected chi connectivity index (χ2v) is 6.88. The molecule has 0 fully saturated rings. The molecule has 4 nitrogen and oxygen atoms in total. The molecule has 0 aliphatic heterocycles. The van der Waals surface area contributed by atoms with Crippen molar-refractivity contribution in [1.82, 2.24) is 10.3 Å². The lowest BCUT2D eigenvalue weighted by Crippen LogP contribution is -2.25. The van der Waals surface area contributed by atoms with Crippen molar-refractivity contribution in [2.24, 2.45) is 0 Å². The van der Waals surface area contributed by atoms with Gasteiger partial charge in [0.25, 0.3) is 5.91 Å². The number of hydrogen-bond acceptors (Lipinski definition) is 4. The molecule has 28 heavy (non-hydrogen) atoms. The van der Waals surface area contributed by atoms with Crippen LogP contribution in [0, 0.1) is 0 Å². The zero-order valence-corrected chi connectivity index (χ0v) is 15.7. The van der Waals surface area contributed by atoms with E-state index in [2.05, 4.69) is 10.3 Å². The molecule has 1 aromatic heterocycles. The summed E-state index contributed by atoms with van der Waals surface area (Å²) in [5.74, 6) is 0.353. The van der Waals surface area contributed by atoms with E-state index in [1.54, 1.807) is 7.11 Å². The van der Waals surface area contributed by atoms with Gasteiger partial charge in [0.05, 0.1) is 23.4 Å². The molecule has 0 saturated heterocycles. The van der Waals surface area contributed by atoms with Gasteiger partial charge in [0.15, 0.2) is 0 Å². The summed E-state index contributed by atoms with van der Waals surface area (Å²) in [6.07, 6.45) is -3.88. The van der Waals surface area contributed by atoms with Crippen LogP contribution in [0.1, 0.15) is 20.9 Å². The van der Waals surface area contributed by atoms with Crippen LogP contribution in [0.5, 0.6) is 5.75 Å². The molecule has 0 aliphatic rings. The molecule has 0 spiro atoms. The Bertz CT molecular complexity index is 935. The van der Waals surface area contributed by atoms with Crippen LogP contribution in [0.15, 0.2) is 53.9 Å². The van der Waals surface area contributed by atoms with Crippen LogP contribution in [-0.2, 0) is 12.6 Å². The van der Waals surface area contributed by atoms with E-state index in [-0.39, 0.29) is 5.56 Å². The molecular formula is C20H17F3N2O2S. The number of benzene rings is 2. The second kappa shape index (κ2) is 8.43. The third-order valence-corrected chi connectivity index (χ3v) is 4.94. The summed E-state index contributed by atoms with van der Waals surface area (Å²) < 4.78 is 42.8. The van der Waals surface area contributed by atoms with E-state index in [0.717, 1.165) is 34.1 Å². The van der Waals surface area contributed by atoms with Crippen molar-refractivity contribution in [2.45, 2.75) is 12.6 Å². The summed E-state index contributed by atoms with van der Waals surface area (Å²) in [5.41, 5.74) is 1.22. The maximum Gasteiger partial charge on any atom is 0.416 e. The number of aromatic nitrogens is 1. The predicted octanol–water partition coefficient (Wildman–Crippen LogP) is 4.81. The monoisotopic (exact) mass is 406 g/mol. The van der Waals surface area contributed by atoms with Crippen LogP contribution in [0.2, 0.25) is 0 Å². The number of nitrogens with zero attached hydrogens (tertiary/aromatic N) is 1. The standard InChI is InChI=1S/C20H17F3N2O2S/c1-27-16-8-4-13(5-9-16)17-12-28-18(25-17)10-11-24-19(26)14-2-6-15(7-3-14)20(21,22)23/h2-9,12H,10-11H2,1H3,(H,24,26). The molecule has 0 aliphatic carbocycles. The van der Waals surface area contributed by atoms with Crippen LogP contribution in [0.25, 0.3) is 11.3 Å². The first-order valence-corrected chi connectivity index (χ1v) is 9.29. The van der Waals surface area contributed by atoms with Gasteiger partial charge in [0.1, 0.15) is 5.75 Å². The highest BCUT2D eigenvalue weighted by molar-refractivity contribution is 7.09. The number of hydrogen-bond donors (Lipinski definition) is 1. The van der Waals surface area contributed by atoms with Gasteiger partial charge < -0.3 is 10.1 Å². The minimum absolute atomic E-state index is 0.186. The van der Waals surface area contributed by atoms with E-state index in [0.29, 0.717) is 13.0 Å². The molecule has 0 atom stereocenters. The van der Waals surface area contributed by atoms with Crippen molar-refractivity contribution in [3.8, 4) is 17.0 Å². The largest absolute Gasteiger partial charge is 0.497 e. The molecule has 2 aromatic carbocycles. The number of nitrogens with one attached hydrogen (secondary N) is 1. The summed E-state index contributed by atoms with van der Waals surface area (Å²) in [7, 11) is 1.61. The lowest BCUT2D eigenvalue weighted by molar-refractivity contribution is -0.137. The highest BCUT2D eigenvalue weighted by Crippen LogP contribution is 2.29. The molecule has 1 amide bonds. The average Bonchev–Trinajstić information content (AvgIpc) is 3.16. The Morgan fingerprint density at radius 1 is 1.11 bits per heavy atom. The SMILES string of the molecule is COc1ccc(-c2csc(CCNC(=O)c3ccc(C(F)(F)F)cc3)n2)cc1. The molecule has 0 saturated carbocycles. The summed E-state index contributed by atoms with van der Waals surface area (Å²) in [4.78, 5) is 16.6. The Morgan fingerprint density at radius 2 is 1.79 bits per heavy atom. The Labute approximate surface area is 164 Å². The molecule has 1 heterocycles. The van der Waals surface area contributed by atoms with Gasteiger partial charge in [-0.25, -0.2) is 4.98 Å². The fourth-order valence-corrected chi connectivity index (χ4v) is 3.32. The number of halogens is 3. The summed E-state index contributed by atoms with van der Waals surface area (Å²) in [5, 5.41) is 5.50. The first-order chi connectivity index (χ1) is 13.4. The van der Waals surface area contributed by atoms with E-state index < -0.39 is 17.6 Å². The maximum absolute atomic E-state index is 12.6. The fraction of sp³-hybridized carbons (Fsp3) is 0.200. The molecule has 0 bridgehead atoms. The first kappa shape index (κ1) is 19.9. The molecule has 0 unspecified atom stereocenters. The minimum Gasteiger partial charge on any atom is -0.497 e. The van der Waals surface area contributed by atoms with Crippen LogP contribution in [0.3, 0.4) is 0 Å². The van der Waals surface area contributed by atoms with Gasteiger partial charge in [-0.1, -0.05) is 0 Å².